The number of nitro groups is 2. The molecule has 0 saturated heterocycles. The van der Waals surface area contributed by atoms with E-state index in [0.29, 0.717) is 11.7 Å². The highest BCUT2D eigenvalue weighted by atomic mass is 79.9. The summed E-state index contributed by atoms with van der Waals surface area (Å²) in [5.41, 5.74) is 3.41. The number of nitro benzene ring substituents is 2. The third-order valence-corrected chi connectivity index (χ3v) is 10.6. The van der Waals surface area contributed by atoms with Crippen LogP contribution in [0.3, 0.4) is 0 Å². The van der Waals surface area contributed by atoms with Gasteiger partial charge in [-0.2, -0.15) is 0 Å². The number of nitrogens with zero attached hydrogens (tertiary/aromatic N) is 2. The first-order chi connectivity index (χ1) is 16.7. The predicted molar refractivity (Wildman–Crippen MR) is 143 cm³/mol. The van der Waals surface area contributed by atoms with E-state index in [4.69, 9.17) is 0 Å². The SMILES string of the molecule is Cc1ccc([P+](Cc2cc([N+](=O)[O-])cc([N+](=O)[O-])c2)(c2ccc(C)cc2)c2ccc(C)cc2)cc1.[Br-]. The molecule has 0 spiro atoms. The normalized spacial score (nSPS) is 11.0. The number of halogens is 1. The van der Waals surface area contributed by atoms with Gasteiger partial charge in [0.05, 0.1) is 22.1 Å². The topological polar surface area (TPSA) is 86.3 Å². The van der Waals surface area contributed by atoms with Crippen molar-refractivity contribution in [2.75, 3.05) is 0 Å². The van der Waals surface area contributed by atoms with Gasteiger partial charge in [0.2, 0.25) is 0 Å². The van der Waals surface area contributed by atoms with Gasteiger partial charge >= 0.3 is 0 Å². The maximum absolute atomic E-state index is 11.6. The van der Waals surface area contributed by atoms with Crippen LogP contribution >= 0.6 is 7.26 Å². The molecule has 36 heavy (non-hydrogen) atoms. The number of hydrogen-bond donors (Lipinski definition) is 0. The average Bonchev–Trinajstić information content (AvgIpc) is 2.84. The van der Waals surface area contributed by atoms with Crippen molar-refractivity contribution in [2.45, 2.75) is 26.9 Å². The van der Waals surface area contributed by atoms with E-state index in [2.05, 4.69) is 72.8 Å². The summed E-state index contributed by atoms with van der Waals surface area (Å²) in [5.74, 6) is 0. The number of aryl methyl sites for hydroxylation is 3. The van der Waals surface area contributed by atoms with Crippen molar-refractivity contribution in [3.05, 3.63) is 133 Å². The second kappa shape index (κ2) is 11.1. The second-order valence-electron chi connectivity index (χ2n) is 8.85. The van der Waals surface area contributed by atoms with Crippen molar-refractivity contribution in [1.29, 1.82) is 0 Å². The third-order valence-electron chi connectivity index (χ3n) is 6.23. The molecule has 184 valence electrons. The summed E-state index contributed by atoms with van der Waals surface area (Å²) in [6, 6.07) is 29.1. The van der Waals surface area contributed by atoms with Gasteiger partial charge in [-0.1, -0.05) is 53.1 Å². The van der Waals surface area contributed by atoms with Crippen LogP contribution in [0.2, 0.25) is 0 Å². The van der Waals surface area contributed by atoms with Crippen molar-refractivity contribution in [2.24, 2.45) is 0 Å². The molecule has 0 saturated carbocycles. The summed E-state index contributed by atoms with van der Waals surface area (Å²) in [7, 11) is -2.38. The minimum Gasteiger partial charge on any atom is -1.00 e. The quantitative estimate of drug-likeness (QED) is 0.196. The van der Waals surface area contributed by atoms with Gasteiger partial charge in [-0.15, -0.1) is 0 Å². The highest BCUT2D eigenvalue weighted by molar-refractivity contribution is 7.95. The first kappa shape index (κ1) is 27.2. The van der Waals surface area contributed by atoms with Crippen LogP contribution in [0.25, 0.3) is 0 Å². The van der Waals surface area contributed by atoms with Crippen LogP contribution in [0, 0.1) is 41.0 Å². The lowest BCUT2D eigenvalue weighted by atomic mass is 10.2. The summed E-state index contributed by atoms with van der Waals surface area (Å²) < 4.78 is 0. The number of non-ortho nitro benzene ring substituents is 2. The highest BCUT2D eigenvalue weighted by Crippen LogP contribution is 2.58. The molecule has 4 aromatic rings. The van der Waals surface area contributed by atoms with Gasteiger partial charge in [-0.3, -0.25) is 20.2 Å². The first-order valence-electron chi connectivity index (χ1n) is 11.2. The molecule has 0 radical (unpaired) electrons. The van der Waals surface area contributed by atoms with Crippen LogP contribution in [-0.2, 0) is 6.16 Å². The lowest BCUT2D eigenvalue weighted by Crippen LogP contribution is -3.00. The van der Waals surface area contributed by atoms with Gasteiger partial charge < -0.3 is 17.0 Å². The molecule has 0 aliphatic carbocycles. The van der Waals surface area contributed by atoms with E-state index in [1.165, 1.54) is 12.1 Å². The van der Waals surface area contributed by atoms with Crippen LogP contribution in [0.5, 0.6) is 0 Å². The summed E-state index contributed by atoms with van der Waals surface area (Å²) in [6.07, 6.45) is 0.421. The summed E-state index contributed by atoms with van der Waals surface area (Å²) in [5, 5.41) is 26.6. The fourth-order valence-electron chi connectivity index (χ4n) is 4.35. The monoisotopic (exact) mass is 564 g/mol. The maximum atomic E-state index is 11.6. The van der Waals surface area contributed by atoms with Gasteiger partial charge in [-0.25, -0.2) is 0 Å². The van der Waals surface area contributed by atoms with Gasteiger partial charge in [-0.05, 0) is 57.2 Å². The van der Waals surface area contributed by atoms with Crippen LogP contribution in [0.4, 0.5) is 11.4 Å². The lowest BCUT2D eigenvalue weighted by Gasteiger charge is -2.28. The molecular weight excluding hydrogens is 539 g/mol. The second-order valence-corrected chi connectivity index (χ2v) is 12.3. The number of rotatable bonds is 7. The fourth-order valence-corrected chi connectivity index (χ4v) is 8.50. The molecule has 4 rings (SSSR count). The third kappa shape index (κ3) is 5.53. The molecule has 0 fully saturated rings. The molecule has 0 aliphatic heterocycles. The molecule has 0 aliphatic rings. The molecule has 8 heteroatoms. The van der Waals surface area contributed by atoms with E-state index in [1.54, 1.807) is 0 Å². The first-order valence-corrected chi connectivity index (χ1v) is 13.2. The number of benzene rings is 4. The Kier molecular flexibility index (Phi) is 8.39. The Balaban J connectivity index is 0.00000361. The van der Waals surface area contributed by atoms with E-state index in [-0.39, 0.29) is 28.4 Å². The van der Waals surface area contributed by atoms with Crippen molar-refractivity contribution in [3.8, 4) is 0 Å². The van der Waals surface area contributed by atoms with Crippen molar-refractivity contribution >= 4 is 34.6 Å². The summed E-state index contributed by atoms with van der Waals surface area (Å²) >= 11 is 0. The Hall–Kier alpha value is -3.41. The number of hydrogen-bond acceptors (Lipinski definition) is 4. The van der Waals surface area contributed by atoms with Gasteiger partial charge in [0.25, 0.3) is 11.4 Å². The van der Waals surface area contributed by atoms with Crippen molar-refractivity contribution in [3.63, 3.8) is 0 Å². The van der Waals surface area contributed by atoms with Gasteiger partial charge in [0, 0.05) is 17.7 Å². The van der Waals surface area contributed by atoms with E-state index >= 15 is 0 Å². The molecule has 0 bridgehead atoms. The molecule has 0 heterocycles. The van der Waals surface area contributed by atoms with Gasteiger partial charge in [0.1, 0.15) is 23.2 Å². The fraction of sp³-hybridized carbons (Fsp3) is 0.143. The smallest absolute Gasteiger partial charge is 0.276 e. The predicted octanol–water partition coefficient (Wildman–Crippen LogP) is 2.93. The van der Waals surface area contributed by atoms with E-state index in [9.17, 15) is 20.2 Å². The molecule has 0 N–H and O–H groups in total. The summed E-state index contributed by atoms with van der Waals surface area (Å²) in [4.78, 5) is 22.1. The van der Waals surface area contributed by atoms with E-state index < -0.39 is 17.1 Å². The lowest BCUT2D eigenvalue weighted by molar-refractivity contribution is -0.394. The Morgan fingerprint density at radius 2 is 0.889 bits per heavy atom. The standard InChI is InChI=1S/C28H26N2O4P.BrH/c1-20-4-10-26(11-5-20)35(27-12-6-21(2)7-13-27,28-14-8-22(3)9-15-28)19-23-16-24(29(31)32)18-25(17-23)30(33)34;/h4-18H,19H2,1-3H3;1H/q+1;/p-1. The zero-order valence-corrected chi connectivity index (χ0v) is 22.7. The zero-order valence-electron chi connectivity index (χ0n) is 20.2. The van der Waals surface area contributed by atoms with Gasteiger partial charge in [0.15, 0.2) is 0 Å². The van der Waals surface area contributed by atoms with E-state index in [0.717, 1.165) is 38.7 Å². The molecule has 4 aromatic carbocycles. The van der Waals surface area contributed by atoms with Crippen LogP contribution in [-0.4, -0.2) is 9.85 Å². The molecule has 0 unspecified atom stereocenters. The minimum absolute atomic E-state index is 0. The molecule has 0 aromatic heterocycles. The Morgan fingerprint density at radius 1 is 0.583 bits per heavy atom. The van der Waals surface area contributed by atoms with Crippen LogP contribution < -0.4 is 32.9 Å². The van der Waals surface area contributed by atoms with Crippen LogP contribution in [0.15, 0.2) is 91.0 Å². The highest BCUT2D eigenvalue weighted by Gasteiger charge is 2.46. The molecule has 0 amide bonds. The minimum atomic E-state index is -2.38. The Morgan fingerprint density at radius 3 is 1.17 bits per heavy atom. The van der Waals surface area contributed by atoms with E-state index in [1.807, 2.05) is 20.8 Å². The Bertz CT molecular complexity index is 1250. The van der Waals surface area contributed by atoms with Crippen molar-refractivity contribution < 1.29 is 26.8 Å². The largest absolute Gasteiger partial charge is 1.00 e. The maximum Gasteiger partial charge on any atom is 0.276 e. The molecular formula is C28H26BrN2O4P. The average molecular weight is 565 g/mol. The summed E-state index contributed by atoms with van der Waals surface area (Å²) in [6.45, 7) is 6.10. The Labute approximate surface area is 221 Å². The molecule has 6 nitrogen and oxygen atoms in total. The van der Waals surface area contributed by atoms with Crippen molar-refractivity contribution in [1.82, 2.24) is 0 Å². The van der Waals surface area contributed by atoms with Crippen LogP contribution in [0.1, 0.15) is 22.3 Å². The zero-order chi connectivity index (χ0) is 25.2. The molecule has 0 atom stereocenters.